The summed E-state index contributed by atoms with van der Waals surface area (Å²) in [5.41, 5.74) is 0.581. The van der Waals surface area contributed by atoms with E-state index in [9.17, 15) is 14.4 Å². The van der Waals surface area contributed by atoms with Crippen molar-refractivity contribution >= 4 is 41.6 Å². The Bertz CT molecular complexity index is 994. The second kappa shape index (κ2) is 10.8. The van der Waals surface area contributed by atoms with Gasteiger partial charge in [0.25, 0.3) is 0 Å². The Hall–Kier alpha value is -2.64. The number of amides is 2. The minimum atomic E-state index is 0.139. The molecule has 2 saturated carbocycles. The first-order valence-electron chi connectivity index (χ1n) is 10.8. The number of fused-ring (bicyclic) bond motifs is 6. The van der Waals surface area contributed by atoms with Crippen molar-refractivity contribution in [3.8, 4) is 0 Å². The van der Waals surface area contributed by atoms with Gasteiger partial charge in [-0.1, -0.05) is 65.9 Å². The lowest BCUT2D eigenvalue weighted by atomic mass is 9.85. The Morgan fingerprint density at radius 2 is 1.47 bits per heavy atom. The maximum absolute atomic E-state index is 11.3. The molecule has 2 aliphatic carbocycles. The summed E-state index contributed by atoms with van der Waals surface area (Å²) in [6.07, 6.45) is 6.47. The number of hydrogen-bond donors (Lipinski definition) is 1. The maximum atomic E-state index is 11.3. The van der Waals surface area contributed by atoms with Gasteiger partial charge in [0.05, 0.1) is 10.7 Å². The summed E-state index contributed by atoms with van der Waals surface area (Å²) >= 11 is 3.40. The third kappa shape index (κ3) is 5.22. The number of nitrogens with one attached hydrogen (secondary N) is 1. The molecule has 1 unspecified atom stereocenters. The van der Waals surface area contributed by atoms with E-state index >= 15 is 0 Å². The van der Waals surface area contributed by atoms with Crippen molar-refractivity contribution in [3.05, 3.63) is 81.3 Å². The van der Waals surface area contributed by atoms with E-state index in [-0.39, 0.29) is 4.87 Å². The lowest BCUT2D eigenvalue weighted by Crippen LogP contribution is -2.29. The van der Waals surface area contributed by atoms with Crippen molar-refractivity contribution in [2.24, 2.45) is 17.8 Å². The lowest BCUT2D eigenvalue weighted by molar-refractivity contribution is -0.113. The van der Waals surface area contributed by atoms with E-state index in [4.69, 9.17) is 0 Å². The predicted octanol–water partition coefficient (Wildman–Crippen LogP) is 4.99. The third-order valence-corrected chi connectivity index (χ3v) is 8.94. The van der Waals surface area contributed by atoms with Gasteiger partial charge in [-0.05, 0) is 55.6 Å². The molecule has 1 aromatic heterocycles. The van der Waals surface area contributed by atoms with Crippen LogP contribution in [0.5, 0.6) is 0 Å². The van der Waals surface area contributed by atoms with Gasteiger partial charge in [-0.2, -0.15) is 0 Å². The molecule has 7 heteroatoms. The van der Waals surface area contributed by atoms with Crippen molar-refractivity contribution in [2.45, 2.75) is 36.0 Å². The van der Waals surface area contributed by atoms with Crippen molar-refractivity contribution in [3.63, 3.8) is 0 Å². The zero-order chi connectivity index (χ0) is 22.3. The van der Waals surface area contributed by atoms with E-state index in [1.54, 1.807) is 24.3 Å². The number of carbonyl (C=O) groups excluding carboxylic acids is 2. The maximum Gasteiger partial charge on any atom is 0.305 e. The van der Waals surface area contributed by atoms with Crippen molar-refractivity contribution in [1.82, 2.24) is 4.98 Å². The van der Waals surface area contributed by atoms with E-state index in [2.05, 4.69) is 4.98 Å². The smallest absolute Gasteiger partial charge is 0.305 e. The Morgan fingerprint density at radius 1 is 0.875 bits per heavy atom. The van der Waals surface area contributed by atoms with E-state index in [0.717, 1.165) is 27.9 Å². The highest BCUT2D eigenvalue weighted by Gasteiger charge is 2.50. The molecule has 32 heavy (non-hydrogen) atoms. The van der Waals surface area contributed by atoms with Gasteiger partial charge in [0.15, 0.2) is 0 Å². The van der Waals surface area contributed by atoms with Crippen LogP contribution in [-0.4, -0.2) is 23.1 Å². The Balaban J connectivity index is 0.000000127. The molecule has 4 atom stereocenters. The number of aromatic amines is 1. The quantitative estimate of drug-likeness (QED) is 0.552. The summed E-state index contributed by atoms with van der Waals surface area (Å²) in [5.74, 6) is 2.80. The van der Waals surface area contributed by atoms with Crippen molar-refractivity contribution in [2.75, 3.05) is 4.90 Å². The van der Waals surface area contributed by atoms with Crippen LogP contribution in [0, 0.1) is 17.8 Å². The average molecular weight is 467 g/mol. The fourth-order valence-corrected chi connectivity index (χ4v) is 7.58. The molecule has 5 nitrogen and oxygen atoms in total. The SMILES string of the molecule is O=CN(C=O)c1ccccc1.O=c1[nH]c2c(s1)C[C@@H]1C3CC[C@H](C3)[C@@H]1S2.c1ccccc1. The fourth-order valence-electron chi connectivity index (χ4n) is 4.88. The van der Waals surface area contributed by atoms with E-state index in [1.807, 2.05) is 54.2 Å². The number of hydrogen-bond acceptors (Lipinski definition) is 5. The molecule has 0 radical (unpaired) electrons. The van der Waals surface area contributed by atoms with Crippen molar-refractivity contribution < 1.29 is 9.59 Å². The van der Waals surface area contributed by atoms with Gasteiger partial charge in [-0.25, -0.2) is 0 Å². The largest absolute Gasteiger partial charge is 0.307 e. The highest BCUT2D eigenvalue weighted by atomic mass is 32.2. The molecule has 6 rings (SSSR count). The molecule has 2 aromatic carbocycles. The number of carbonyl (C=O) groups is 2. The van der Waals surface area contributed by atoms with Gasteiger partial charge < -0.3 is 4.98 Å². The fraction of sp³-hybridized carbons (Fsp3) is 0.320. The standard InChI is InChI=1S/C11H13NOS2.C8H7NO2.C6H6/c13-11-12-10-8(14-11)4-7-5-1-2-6(3-5)9(7)15-10;10-6-9(7-11)8-4-2-1-3-5-8;1-2-4-6-5-3-1/h5-7,9H,1-4H2,(H,12,13);1-7H;1-6H/t5?,6-,7-,9+;;/m1../s1. The molecule has 2 heterocycles. The molecule has 0 spiro atoms. The summed E-state index contributed by atoms with van der Waals surface area (Å²) in [6.45, 7) is 0. The van der Waals surface area contributed by atoms with Crippen molar-refractivity contribution in [1.29, 1.82) is 0 Å². The molecule has 166 valence electrons. The number of thiazole rings is 1. The molecular weight excluding hydrogens is 440 g/mol. The molecule has 1 aliphatic heterocycles. The zero-order valence-electron chi connectivity index (χ0n) is 17.6. The van der Waals surface area contributed by atoms with E-state index in [1.165, 1.54) is 46.9 Å². The van der Waals surface area contributed by atoms with Gasteiger partial charge >= 0.3 is 4.87 Å². The summed E-state index contributed by atoms with van der Waals surface area (Å²) in [4.78, 5) is 37.2. The Kier molecular flexibility index (Phi) is 7.60. The van der Waals surface area contributed by atoms with Gasteiger partial charge in [0.1, 0.15) is 0 Å². The number of nitrogens with zero attached hydrogens (tertiary/aromatic N) is 1. The van der Waals surface area contributed by atoms with Crippen LogP contribution in [0.1, 0.15) is 24.1 Å². The topological polar surface area (TPSA) is 70.2 Å². The number of thioether (sulfide) groups is 1. The Morgan fingerprint density at radius 3 is 2.09 bits per heavy atom. The highest BCUT2D eigenvalue weighted by Crippen LogP contribution is 2.58. The number of aromatic nitrogens is 1. The van der Waals surface area contributed by atoms with Crippen LogP contribution >= 0.6 is 23.1 Å². The molecule has 2 fully saturated rings. The van der Waals surface area contributed by atoms with Gasteiger partial charge in [-0.3, -0.25) is 19.3 Å². The molecule has 3 aliphatic rings. The van der Waals surface area contributed by atoms with Crippen LogP contribution in [0.2, 0.25) is 0 Å². The number of anilines is 1. The Labute approximate surface area is 195 Å². The highest BCUT2D eigenvalue weighted by molar-refractivity contribution is 8.00. The first-order valence-corrected chi connectivity index (χ1v) is 12.5. The van der Waals surface area contributed by atoms with E-state index in [0.29, 0.717) is 18.5 Å². The van der Waals surface area contributed by atoms with Crippen LogP contribution in [0.3, 0.4) is 0 Å². The molecule has 0 saturated heterocycles. The normalized spacial score (nSPS) is 24.0. The number of H-pyrrole nitrogens is 1. The summed E-state index contributed by atoms with van der Waals surface area (Å²) in [5, 5.41) is 2.01. The van der Waals surface area contributed by atoms with Gasteiger partial charge in [-0.15, -0.1) is 11.8 Å². The first kappa shape index (κ1) is 22.6. The number of para-hydroxylation sites is 1. The van der Waals surface area contributed by atoms with E-state index < -0.39 is 0 Å². The van der Waals surface area contributed by atoms with Crippen LogP contribution in [0.15, 0.2) is 76.6 Å². The molecule has 2 bridgehead atoms. The summed E-state index contributed by atoms with van der Waals surface area (Å²) < 4.78 is 0. The molecule has 1 N–H and O–H groups in total. The second-order valence-corrected chi connectivity index (χ2v) is 10.4. The molecule has 3 aromatic rings. The molecule has 2 amide bonds. The third-order valence-electron chi connectivity index (χ3n) is 6.31. The van der Waals surface area contributed by atoms with Crippen LogP contribution in [0.25, 0.3) is 0 Å². The summed E-state index contributed by atoms with van der Waals surface area (Å²) in [6, 6.07) is 20.7. The number of rotatable bonds is 3. The molecular formula is C25H26N2O3S2. The number of imide groups is 1. The minimum Gasteiger partial charge on any atom is -0.307 e. The van der Waals surface area contributed by atoms with Crippen LogP contribution in [-0.2, 0) is 16.0 Å². The predicted molar refractivity (Wildman–Crippen MR) is 130 cm³/mol. The average Bonchev–Trinajstić information content (AvgIpc) is 3.55. The zero-order valence-corrected chi connectivity index (χ0v) is 19.3. The first-order chi connectivity index (χ1) is 15.7. The summed E-state index contributed by atoms with van der Waals surface area (Å²) in [7, 11) is 0. The van der Waals surface area contributed by atoms with Gasteiger partial charge in [0, 0.05) is 10.1 Å². The monoisotopic (exact) mass is 466 g/mol. The lowest BCUT2D eigenvalue weighted by Gasteiger charge is -2.33. The number of benzene rings is 2. The minimum absolute atomic E-state index is 0.139. The van der Waals surface area contributed by atoms with Crippen LogP contribution in [0.4, 0.5) is 5.69 Å². The second-order valence-electron chi connectivity index (χ2n) is 8.16. The van der Waals surface area contributed by atoms with Gasteiger partial charge in [0.2, 0.25) is 12.8 Å². The van der Waals surface area contributed by atoms with Crippen LogP contribution < -0.4 is 9.77 Å².